The minimum Gasteiger partial charge on any atom is -0.462 e. The Morgan fingerprint density at radius 3 is 2.56 bits per heavy atom. The van der Waals surface area contributed by atoms with Crippen LogP contribution in [0.2, 0.25) is 0 Å². The first-order chi connectivity index (χ1) is 15.5. The highest BCUT2D eigenvalue weighted by molar-refractivity contribution is 7.11. The van der Waals surface area contributed by atoms with Gasteiger partial charge in [0.1, 0.15) is 4.88 Å². The Kier molecular flexibility index (Phi) is 7.67. The van der Waals surface area contributed by atoms with Crippen molar-refractivity contribution < 1.29 is 23.9 Å². The van der Waals surface area contributed by atoms with Crippen LogP contribution in [0.25, 0.3) is 11.3 Å². The Labute approximate surface area is 188 Å². The molecular formula is C23H23N3O5S. The molecule has 0 spiro atoms. The van der Waals surface area contributed by atoms with Crippen LogP contribution in [0.4, 0.5) is 0 Å². The minimum absolute atomic E-state index is 0.223. The van der Waals surface area contributed by atoms with Crippen molar-refractivity contribution in [2.75, 3.05) is 6.61 Å². The third kappa shape index (κ3) is 5.17. The van der Waals surface area contributed by atoms with Gasteiger partial charge in [0.05, 0.1) is 17.9 Å². The van der Waals surface area contributed by atoms with Crippen LogP contribution in [0.1, 0.15) is 36.4 Å². The van der Waals surface area contributed by atoms with E-state index in [9.17, 15) is 19.2 Å². The minimum atomic E-state index is -0.790. The van der Waals surface area contributed by atoms with Gasteiger partial charge in [-0.25, -0.2) is 10.2 Å². The molecule has 0 saturated heterocycles. The lowest BCUT2D eigenvalue weighted by atomic mass is 10.0. The van der Waals surface area contributed by atoms with E-state index in [1.54, 1.807) is 6.92 Å². The maximum Gasteiger partial charge on any atom is 0.350 e. The summed E-state index contributed by atoms with van der Waals surface area (Å²) in [6, 6.07) is 9.40. The summed E-state index contributed by atoms with van der Waals surface area (Å²) in [5.74, 6) is -2.28. The molecule has 0 saturated carbocycles. The zero-order valence-electron chi connectivity index (χ0n) is 17.8. The van der Waals surface area contributed by atoms with Crippen LogP contribution >= 0.6 is 11.3 Å². The van der Waals surface area contributed by atoms with E-state index >= 15 is 0 Å². The lowest BCUT2D eigenvalue weighted by molar-refractivity contribution is -0.122. The van der Waals surface area contributed by atoms with Crippen molar-refractivity contribution in [1.82, 2.24) is 9.99 Å². The summed E-state index contributed by atoms with van der Waals surface area (Å²) >= 11 is 1.09. The fraction of sp³-hybridized carbons (Fsp3) is 0.261. The molecule has 3 rings (SSSR count). The largest absolute Gasteiger partial charge is 0.462 e. The fourth-order valence-corrected chi connectivity index (χ4v) is 4.12. The maximum absolute atomic E-state index is 12.7. The molecule has 1 aliphatic rings. The Bertz CT molecular complexity index is 1170. The molecule has 0 unspecified atom stereocenters. The summed E-state index contributed by atoms with van der Waals surface area (Å²) in [4.78, 5) is 49.4. The molecule has 0 fully saturated rings. The third-order valence-electron chi connectivity index (χ3n) is 4.60. The molecule has 0 radical (unpaired) electrons. The highest BCUT2D eigenvalue weighted by Gasteiger charge is 2.23. The molecule has 8 nitrogen and oxygen atoms in total. The Hall–Kier alpha value is -3.59. The van der Waals surface area contributed by atoms with Gasteiger partial charge in [0, 0.05) is 12.6 Å². The van der Waals surface area contributed by atoms with Gasteiger partial charge in [0.2, 0.25) is 4.80 Å². The van der Waals surface area contributed by atoms with E-state index in [2.05, 4.69) is 10.5 Å². The SMILES string of the molecule is CCCCn1c(-c2ccccc2)c(C(=O)OCC)s/c1=N/NC(=O)C1=CC(=O)C=CC1=O. The second kappa shape index (κ2) is 10.6. The average Bonchev–Trinajstić information content (AvgIpc) is 3.16. The number of esters is 1. The second-order valence-electron chi connectivity index (χ2n) is 6.86. The molecule has 0 aliphatic heterocycles. The molecular weight excluding hydrogens is 430 g/mol. The van der Waals surface area contributed by atoms with Crippen molar-refractivity contribution in [2.45, 2.75) is 33.2 Å². The maximum atomic E-state index is 12.7. The van der Waals surface area contributed by atoms with Crippen LogP contribution in [0.5, 0.6) is 0 Å². The second-order valence-corrected chi connectivity index (χ2v) is 7.84. The van der Waals surface area contributed by atoms with Gasteiger partial charge in [-0.3, -0.25) is 14.4 Å². The van der Waals surface area contributed by atoms with E-state index in [0.717, 1.165) is 48.0 Å². The van der Waals surface area contributed by atoms with Crippen LogP contribution in [0, 0.1) is 0 Å². The molecule has 1 N–H and O–H groups in total. The predicted octanol–water partition coefficient (Wildman–Crippen LogP) is 2.76. The number of amides is 1. The molecule has 166 valence electrons. The van der Waals surface area contributed by atoms with Crippen LogP contribution in [-0.2, 0) is 25.7 Å². The number of benzene rings is 1. The normalized spacial score (nSPS) is 13.8. The molecule has 9 heteroatoms. The first kappa shape index (κ1) is 23.1. The Morgan fingerprint density at radius 2 is 1.88 bits per heavy atom. The van der Waals surface area contributed by atoms with Gasteiger partial charge in [-0.05, 0) is 31.1 Å². The number of carbonyl (C=O) groups excluding carboxylic acids is 4. The van der Waals surface area contributed by atoms with E-state index in [4.69, 9.17) is 4.74 Å². The summed E-state index contributed by atoms with van der Waals surface area (Å²) in [5, 5.41) is 4.19. The van der Waals surface area contributed by atoms with Gasteiger partial charge in [0.25, 0.3) is 5.91 Å². The zero-order valence-corrected chi connectivity index (χ0v) is 18.6. The average molecular weight is 454 g/mol. The van der Waals surface area contributed by atoms with E-state index in [1.807, 2.05) is 41.8 Å². The van der Waals surface area contributed by atoms with Gasteiger partial charge < -0.3 is 9.30 Å². The van der Waals surface area contributed by atoms with Gasteiger partial charge in [-0.1, -0.05) is 55.0 Å². The van der Waals surface area contributed by atoms with Crippen LogP contribution < -0.4 is 10.2 Å². The number of hydrogen-bond donors (Lipinski definition) is 1. The lowest BCUT2D eigenvalue weighted by Crippen LogP contribution is -2.29. The Balaban J connectivity index is 2.08. The van der Waals surface area contributed by atoms with Gasteiger partial charge in [-0.2, -0.15) is 0 Å². The summed E-state index contributed by atoms with van der Waals surface area (Å²) < 4.78 is 7.10. The summed E-state index contributed by atoms with van der Waals surface area (Å²) in [7, 11) is 0. The standard InChI is InChI=1S/C23H23N3O5S/c1-3-5-13-26-19(15-9-7-6-8-10-15)20(22(30)31-4-2)32-23(26)25-24-21(29)17-14-16(27)11-12-18(17)28/h6-12,14H,3-5,13H2,1-2H3,(H,24,29)/b25-23+. The van der Waals surface area contributed by atoms with Crippen molar-refractivity contribution in [3.63, 3.8) is 0 Å². The van der Waals surface area contributed by atoms with Gasteiger partial charge >= 0.3 is 5.97 Å². The topological polar surface area (TPSA) is 107 Å². The van der Waals surface area contributed by atoms with E-state index in [1.165, 1.54) is 0 Å². The lowest BCUT2D eigenvalue weighted by Gasteiger charge is -2.10. The number of carbonyl (C=O) groups is 4. The number of ketones is 2. The van der Waals surface area contributed by atoms with Crippen molar-refractivity contribution in [3.05, 3.63) is 63.8 Å². The third-order valence-corrected chi connectivity index (χ3v) is 5.66. The van der Waals surface area contributed by atoms with Crippen molar-refractivity contribution in [1.29, 1.82) is 0 Å². The smallest absolute Gasteiger partial charge is 0.350 e. The number of aromatic nitrogens is 1. The molecule has 32 heavy (non-hydrogen) atoms. The number of nitrogens with one attached hydrogen (secondary N) is 1. The molecule has 0 bridgehead atoms. The molecule has 1 aromatic carbocycles. The van der Waals surface area contributed by atoms with E-state index in [-0.39, 0.29) is 12.2 Å². The first-order valence-electron chi connectivity index (χ1n) is 10.2. The number of rotatable bonds is 8. The predicted molar refractivity (Wildman–Crippen MR) is 120 cm³/mol. The molecule has 1 heterocycles. The monoisotopic (exact) mass is 453 g/mol. The van der Waals surface area contributed by atoms with E-state index in [0.29, 0.717) is 21.9 Å². The van der Waals surface area contributed by atoms with Crippen LogP contribution in [0.3, 0.4) is 0 Å². The molecule has 2 aromatic rings. The zero-order chi connectivity index (χ0) is 23.1. The Morgan fingerprint density at radius 1 is 1.12 bits per heavy atom. The van der Waals surface area contributed by atoms with Crippen molar-refractivity contribution in [2.24, 2.45) is 5.10 Å². The number of nitrogens with zero attached hydrogens (tertiary/aromatic N) is 2. The fourth-order valence-electron chi connectivity index (χ4n) is 3.08. The molecule has 0 atom stereocenters. The highest BCUT2D eigenvalue weighted by Crippen LogP contribution is 2.27. The van der Waals surface area contributed by atoms with Crippen molar-refractivity contribution >= 4 is 34.8 Å². The first-order valence-corrected chi connectivity index (χ1v) is 11.1. The van der Waals surface area contributed by atoms with Crippen molar-refractivity contribution in [3.8, 4) is 11.3 Å². The number of thiazole rings is 1. The number of allylic oxidation sites excluding steroid dienone is 3. The summed E-state index contributed by atoms with van der Waals surface area (Å²) in [5.41, 5.74) is 3.53. The highest BCUT2D eigenvalue weighted by atomic mass is 32.1. The summed E-state index contributed by atoms with van der Waals surface area (Å²) in [6.07, 6.45) is 4.87. The summed E-state index contributed by atoms with van der Waals surface area (Å²) in [6.45, 7) is 4.57. The molecule has 1 aromatic heterocycles. The van der Waals surface area contributed by atoms with Gasteiger partial charge in [-0.15, -0.1) is 5.10 Å². The van der Waals surface area contributed by atoms with Gasteiger partial charge in [0.15, 0.2) is 11.6 Å². The van der Waals surface area contributed by atoms with E-state index < -0.39 is 23.4 Å². The number of ether oxygens (including phenoxy) is 1. The number of hydrogen-bond acceptors (Lipinski definition) is 7. The quantitative estimate of drug-likeness (QED) is 0.286. The van der Waals surface area contributed by atoms with Crippen LogP contribution in [0.15, 0.2) is 59.2 Å². The van der Waals surface area contributed by atoms with Crippen LogP contribution in [-0.4, -0.2) is 34.6 Å². The number of unbranched alkanes of at least 4 members (excludes halogenated alkanes) is 1. The molecule has 1 amide bonds. The molecule has 1 aliphatic carbocycles.